The van der Waals surface area contributed by atoms with Gasteiger partial charge in [0.05, 0.1) is 5.92 Å². The Hall–Kier alpha value is -1.35. The van der Waals surface area contributed by atoms with Crippen molar-refractivity contribution in [3.05, 3.63) is 36.1 Å². The van der Waals surface area contributed by atoms with Crippen LogP contribution < -0.4 is 0 Å². The van der Waals surface area contributed by atoms with Gasteiger partial charge in [0, 0.05) is 31.9 Å². The molecule has 2 rings (SSSR count). The number of unbranched alkanes of at least 4 members (excludes halogenated alkanes) is 3. The third-order valence-corrected chi connectivity index (χ3v) is 4.36. The number of rotatable bonds is 7. The van der Waals surface area contributed by atoms with Crippen molar-refractivity contribution in [3.8, 4) is 0 Å². The van der Waals surface area contributed by atoms with Crippen LogP contribution in [0.4, 0.5) is 0 Å². The van der Waals surface area contributed by atoms with Gasteiger partial charge in [0.1, 0.15) is 6.29 Å². The average Bonchev–Trinajstić information content (AvgIpc) is 2.77. The van der Waals surface area contributed by atoms with E-state index in [1.165, 1.54) is 32.2 Å². The summed E-state index contributed by atoms with van der Waals surface area (Å²) in [5, 5.41) is 0. The Morgan fingerprint density at radius 1 is 1.10 bits per heavy atom. The van der Waals surface area contributed by atoms with Crippen LogP contribution in [-0.2, 0) is 4.79 Å². The minimum atomic E-state index is -0.0869. The molecule has 2 aliphatic rings. The van der Waals surface area contributed by atoms with E-state index in [2.05, 4.69) is 22.8 Å². The Morgan fingerprint density at radius 3 is 2.62 bits per heavy atom. The van der Waals surface area contributed by atoms with Crippen LogP contribution in [0.3, 0.4) is 0 Å². The molecule has 1 aliphatic heterocycles. The molecule has 0 spiro atoms. The smallest absolute Gasteiger partial charge is 0.132 e. The number of allylic oxidation sites excluding steroid dienone is 5. The molecule has 1 fully saturated rings. The van der Waals surface area contributed by atoms with E-state index < -0.39 is 0 Å². The predicted octanol–water partition coefficient (Wildman–Crippen LogP) is 3.01. The molecule has 1 atom stereocenters. The van der Waals surface area contributed by atoms with Crippen LogP contribution in [-0.4, -0.2) is 48.8 Å². The maximum atomic E-state index is 11.3. The van der Waals surface area contributed by atoms with Gasteiger partial charge in [-0.15, -0.1) is 0 Å². The Bertz CT molecular complexity index is 403. The molecule has 0 N–H and O–H groups in total. The van der Waals surface area contributed by atoms with Crippen molar-refractivity contribution in [2.45, 2.75) is 32.6 Å². The highest BCUT2D eigenvalue weighted by Crippen LogP contribution is 2.20. The van der Waals surface area contributed by atoms with Gasteiger partial charge < -0.3 is 9.69 Å². The molecule has 0 aromatic rings. The fourth-order valence-corrected chi connectivity index (χ4v) is 3.04. The van der Waals surface area contributed by atoms with Gasteiger partial charge in [-0.1, -0.05) is 50.5 Å². The van der Waals surface area contributed by atoms with Gasteiger partial charge in [0.2, 0.25) is 0 Å². The second kappa shape index (κ2) is 8.83. The minimum Gasteiger partial charge on any atom is -0.371 e. The lowest BCUT2D eigenvalue weighted by Gasteiger charge is -2.38. The number of nitrogens with zero attached hydrogens (tertiary/aromatic N) is 2. The largest absolute Gasteiger partial charge is 0.371 e. The number of aldehydes is 1. The first-order valence-corrected chi connectivity index (χ1v) is 8.32. The highest BCUT2D eigenvalue weighted by molar-refractivity contribution is 5.62. The van der Waals surface area contributed by atoms with Crippen LogP contribution in [0.25, 0.3) is 0 Å². The van der Waals surface area contributed by atoms with E-state index >= 15 is 0 Å². The van der Waals surface area contributed by atoms with Crippen molar-refractivity contribution in [2.24, 2.45) is 5.92 Å². The highest BCUT2D eigenvalue weighted by atomic mass is 16.1. The molecule has 21 heavy (non-hydrogen) atoms. The first-order valence-electron chi connectivity index (χ1n) is 8.32. The van der Waals surface area contributed by atoms with Crippen molar-refractivity contribution < 1.29 is 4.79 Å². The molecule has 3 heteroatoms. The van der Waals surface area contributed by atoms with Crippen molar-refractivity contribution >= 4 is 6.29 Å². The van der Waals surface area contributed by atoms with Gasteiger partial charge in [-0.2, -0.15) is 0 Å². The minimum absolute atomic E-state index is 0.0869. The maximum Gasteiger partial charge on any atom is 0.132 e. The summed E-state index contributed by atoms with van der Waals surface area (Å²) in [6.45, 7) is 7.78. The molecule has 0 radical (unpaired) electrons. The normalized spacial score (nSPS) is 23.0. The van der Waals surface area contributed by atoms with Gasteiger partial charge >= 0.3 is 0 Å². The third-order valence-electron chi connectivity index (χ3n) is 4.36. The van der Waals surface area contributed by atoms with Crippen LogP contribution in [0, 0.1) is 5.92 Å². The number of hydrogen-bond donors (Lipinski definition) is 0. The van der Waals surface area contributed by atoms with Crippen LogP contribution in [0.5, 0.6) is 0 Å². The van der Waals surface area contributed by atoms with E-state index in [1.54, 1.807) is 0 Å². The summed E-state index contributed by atoms with van der Waals surface area (Å²) in [6.07, 6.45) is 16.4. The molecule has 0 amide bonds. The first kappa shape index (κ1) is 16.0. The Balaban J connectivity index is 1.80. The molecule has 0 aromatic carbocycles. The van der Waals surface area contributed by atoms with E-state index in [0.717, 1.165) is 38.2 Å². The lowest BCUT2D eigenvalue weighted by Crippen LogP contribution is -2.47. The lowest BCUT2D eigenvalue weighted by atomic mass is 10.0. The first-order chi connectivity index (χ1) is 10.3. The molecule has 1 heterocycles. The zero-order valence-electron chi connectivity index (χ0n) is 13.2. The molecular formula is C18H28N2O. The molecule has 0 saturated carbocycles. The number of piperazine rings is 1. The van der Waals surface area contributed by atoms with Gasteiger partial charge in [0.25, 0.3) is 0 Å². The van der Waals surface area contributed by atoms with Crippen LogP contribution in [0.15, 0.2) is 36.1 Å². The van der Waals surface area contributed by atoms with Crippen molar-refractivity contribution in [1.82, 2.24) is 9.80 Å². The molecule has 0 aromatic heterocycles. The molecule has 116 valence electrons. The van der Waals surface area contributed by atoms with Gasteiger partial charge in [-0.3, -0.25) is 4.90 Å². The second-order valence-electron chi connectivity index (χ2n) is 5.91. The monoisotopic (exact) mass is 288 g/mol. The summed E-state index contributed by atoms with van der Waals surface area (Å²) < 4.78 is 0. The average molecular weight is 288 g/mol. The fourth-order valence-electron chi connectivity index (χ4n) is 3.04. The van der Waals surface area contributed by atoms with Crippen LogP contribution in [0.1, 0.15) is 32.6 Å². The Morgan fingerprint density at radius 2 is 1.90 bits per heavy atom. The van der Waals surface area contributed by atoms with E-state index in [4.69, 9.17) is 0 Å². The van der Waals surface area contributed by atoms with E-state index in [9.17, 15) is 4.79 Å². The topological polar surface area (TPSA) is 23.6 Å². The molecule has 0 bridgehead atoms. The molecular weight excluding hydrogens is 260 g/mol. The van der Waals surface area contributed by atoms with Crippen molar-refractivity contribution in [3.63, 3.8) is 0 Å². The van der Waals surface area contributed by atoms with Gasteiger partial charge in [0.15, 0.2) is 0 Å². The van der Waals surface area contributed by atoms with E-state index in [1.807, 2.05) is 24.3 Å². The number of hydrogen-bond acceptors (Lipinski definition) is 3. The summed E-state index contributed by atoms with van der Waals surface area (Å²) in [6, 6.07) is 0. The summed E-state index contributed by atoms with van der Waals surface area (Å²) in [4.78, 5) is 16.2. The number of carbonyl (C=O) groups excluding carboxylic acids is 1. The van der Waals surface area contributed by atoms with Gasteiger partial charge in [-0.05, 0) is 19.0 Å². The third kappa shape index (κ3) is 4.85. The van der Waals surface area contributed by atoms with E-state index in [0.29, 0.717) is 0 Å². The van der Waals surface area contributed by atoms with Crippen LogP contribution in [0.2, 0.25) is 0 Å². The number of carbonyl (C=O) groups is 1. The summed E-state index contributed by atoms with van der Waals surface area (Å²) in [5.41, 5.74) is 1.15. The van der Waals surface area contributed by atoms with Gasteiger partial charge in [-0.25, -0.2) is 0 Å². The molecule has 1 saturated heterocycles. The second-order valence-corrected chi connectivity index (χ2v) is 5.91. The molecule has 3 nitrogen and oxygen atoms in total. The summed E-state index contributed by atoms with van der Waals surface area (Å²) in [5.74, 6) is -0.0869. The maximum absolute atomic E-state index is 11.3. The quantitative estimate of drug-likeness (QED) is 0.531. The highest BCUT2D eigenvalue weighted by Gasteiger charge is 2.22. The summed E-state index contributed by atoms with van der Waals surface area (Å²) >= 11 is 0. The molecule has 1 unspecified atom stereocenters. The zero-order valence-corrected chi connectivity index (χ0v) is 13.2. The Labute approximate surface area is 129 Å². The molecule has 1 aliphatic carbocycles. The van der Waals surface area contributed by atoms with Crippen molar-refractivity contribution in [1.29, 1.82) is 0 Å². The lowest BCUT2D eigenvalue weighted by molar-refractivity contribution is -0.109. The summed E-state index contributed by atoms with van der Waals surface area (Å²) in [7, 11) is 0. The predicted molar refractivity (Wildman–Crippen MR) is 88.1 cm³/mol. The fraction of sp³-hybridized carbons (Fsp3) is 0.611. The Kier molecular flexibility index (Phi) is 6.74. The SMILES string of the molecule is CCCCCCN1CCN(C2=CC=CC=CC2C=O)CC1. The van der Waals surface area contributed by atoms with Crippen molar-refractivity contribution in [2.75, 3.05) is 32.7 Å². The van der Waals surface area contributed by atoms with E-state index in [-0.39, 0.29) is 5.92 Å². The van der Waals surface area contributed by atoms with Crippen LogP contribution >= 0.6 is 0 Å². The standard InChI is InChI=1S/C18H28N2O/c1-2-3-4-8-11-19-12-14-20(15-13-19)18-10-7-5-6-9-17(18)16-21/h5-7,9-10,16-17H,2-4,8,11-15H2,1H3. The zero-order chi connectivity index (χ0) is 14.9.